The summed E-state index contributed by atoms with van der Waals surface area (Å²) in [5.74, 6) is 0.314. The van der Waals surface area contributed by atoms with Gasteiger partial charge in [0, 0.05) is 37.4 Å². The van der Waals surface area contributed by atoms with Crippen LogP contribution < -0.4 is 10.2 Å². The first kappa shape index (κ1) is 21.7. The predicted octanol–water partition coefficient (Wildman–Crippen LogP) is 3.19. The van der Waals surface area contributed by atoms with E-state index in [4.69, 9.17) is 0 Å². The van der Waals surface area contributed by atoms with Gasteiger partial charge in [0.15, 0.2) is 0 Å². The summed E-state index contributed by atoms with van der Waals surface area (Å²) in [5, 5.41) is 12.4. The van der Waals surface area contributed by atoms with Crippen LogP contribution in [-0.2, 0) is 4.79 Å². The van der Waals surface area contributed by atoms with Crippen molar-refractivity contribution in [2.75, 3.05) is 31.1 Å². The maximum Gasteiger partial charge on any atom is 0.252 e. The summed E-state index contributed by atoms with van der Waals surface area (Å²) in [7, 11) is 0. The number of phenolic OH excluding ortho intramolecular Hbond substituents is 1. The molecular weight excluding hydrogens is 378 g/mol. The minimum Gasteiger partial charge on any atom is -0.508 e. The molecule has 2 aromatic rings. The number of anilines is 1. The van der Waals surface area contributed by atoms with Gasteiger partial charge in [-0.25, -0.2) is 0 Å². The van der Waals surface area contributed by atoms with Gasteiger partial charge in [0.2, 0.25) is 5.91 Å². The lowest BCUT2D eigenvalue weighted by Gasteiger charge is -2.38. The Kier molecular flexibility index (Phi) is 6.98. The lowest BCUT2D eigenvalue weighted by molar-refractivity contribution is -0.134. The number of aryl methyl sites for hydroxylation is 1. The SMILES string of the molecule is Cc1ccccc1C(=O)NC(CC(C)C)C(=O)N1CCN(c2ccc(O)cc2)CC1. The molecule has 1 aliphatic heterocycles. The molecule has 1 heterocycles. The number of hydrogen-bond donors (Lipinski definition) is 2. The average Bonchev–Trinajstić information content (AvgIpc) is 2.73. The van der Waals surface area contributed by atoms with Gasteiger partial charge in [0.1, 0.15) is 11.8 Å². The van der Waals surface area contributed by atoms with E-state index in [0.29, 0.717) is 25.1 Å². The Balaban J connectivity index is 1.64. The van der Waals surface area contributed by atoms with Crippen LogP contribution in [0.15, 0.2) is 48.5 Å². The first-order valence-electron chi connectivity index (χ1n) is 10.5. The third kappa shape index (κ3) is 5.32. The van der Waals surface area contributed by atoms with Crippen LogP contribution >= 0.6 is 0 Å². The van der Waals surface area contributed by atoms with Crippen molar-refractivity contribution in [3.63, 3.8) is 0 Å². The van der Waals surface area contributed by atoms with E-state index in [1.54, 1.807) is 18.2 Å². The molecule has 2 amide bonds. The first-order chi connectivity index (χ1) is 14.3. The normalized spacial score (nSPS) is 15.2. The van der Waals surface area contributed by atoms with Crippen molar-refractivity contribution in [3.8, 4) is 5.75 Å². The Morgan fingerprint density at radius 1 is 1.00 bits per heavy atom. The van der Waals surface area contributed by atoms with Crippen LogP contribution in [-0.4, -0.2) is 54.0 Å². The van der Waals surface area contributed by atoms with E-state index in [0.717, 1.165) is 24.3 Å². The molecule has 0 bridgehead atoms. The molecule has 0 aliphatic carbocycles. The summed E-state index contributed by atoms with van der Waals surface area (Å²) >= 11 is 0. The minimum absolute atomic E-state index is 0.0176. The van der Waals surface area contributed by atoms with Crippen molar-refractivity contribution in [3.05, 3.63) is 59.7 Å². The predicted molar refractivity (Wildman–Crippen MR) is 119 cm³/mol. The molecule has 1 saturated heterocycles. The summed E-state index contributed by atoms with van der Waals surface area (Å²) < 4.78 is 0. The largest absolute Gasteiger partial charge is 0.508 e. The number of carbonyl (C=O) groups is 2. The molecule has 1 fully saturated rings. The summed E-state index contributed by atoms with van der Waals surface area (Å²) in [6.45, 7) is 8.67. The molecule has 0 saturated carbocycles. The van der Waals surface area contributed by atoms with E-state index in [1.807, 2.05) is 42.2 Å². The molecule has 160 valence electrons. The molecule has 2 N–H and O–H groups in total. The Hall–Kier alpha value is -3.02. The molecule has 1 unspecified atom stereocenters. The number of rotatable bonds is 6. The van der Waals surface area contributed by atoms with Crippen LogP contribution in [0.2, 0.25) is 0 Å². The van der Waals surface area contributed by atoms with Crippen LogP contribution in [0.3, 0.4) is 0 Å². The fourth-order valence-electron chi connectivity index (χ4n) is 3.83. The number of benzene rings is 2. The van der Waals surface area contributed by atoms with E-state index in [2.05, 4.69) is 24.1 Å². The van der Waals surface area contributed by atoms with Gasteiger partial charge in [-0.3, -0.25) is 9.59 Å². The highest BCUT2D eigenvalue weighted by molar-refractivity contribution is 5.98. The van der Waals surface area contributed by atoms with Gasteiger partial charge in [-0.2, -0.15) is 0 Å². The number of hydrogen-bond acceptors (Lipinski definition) is 4. The molecule has 0 radical (unpaired) electrons. The van der Waals surface area contributed by atoms with E-state index in [9.17, 15) is 14.7 Å². The Bertz CT molecular complexity index is 872. The fourth-order valence-corrected chi connectivity index (χ4v) is 3.83. The number of phenols is 1. The summed E-state index contributed by atoms with van der Waals surface area (Å²) in [5.41, 5.74) is 2.54. The molecule has 6 heteroatoms. The number of carbonyl (C=O) groups excluding carboxylic acids is 2. The number of aromatic hydroxyl groups is 1. The summed E-state index contributed by atoms with van der Waals surface area (Å²) in [4.78, 5) is 30.1. The standard InChI is InChI=1S/C24H31N3O3/c1-17(2)16-22(25-23(29)21-7-5-4-6-18(21)3)24(30)27-14-12-26(13-15-27)19-8-10-20(28)11-9-19/h4-11,17,22,28H,12-16H2,1-3H3,(H,25,29). The maximum atomic E-state index is 13.2. The topological polar surface area (TPSA) is 72.9 Å². The highest BCUT2D eigenvalue weighted by atomic mass is 16.3. The van der Waals surface area contributed by atoms with E-state index in [-0.39, 0.29) is 23.5 Å². The fraction of sp³-hybridized carbons (Fsp3) is 0.417. The monoisotopic (exact) mass is 409 g/mol. The highest BCUT2D eigenvalue weighted by Gasteiger charge is 2.29. The van der Waals surface area contributed by atoms with Crippen molar-refractivity contribution in [1.29, 1.82) is 0 Å². The lowest BCUT2D eigenvalue weighted by atomic mass is 10.0. The smallest absolute Gasteiger partial charge is 0.252 e. The zero-order chi connectivity index (χ0) is 21.7. The van der Waals surface area contributed by atoms with Crippen LogP contribution in [0, 0.1) is 12.8 Å². The highest BCUT2D eigenvalue weighted by Crippen LogP contribution is 2.20. The Morgan fingerprint density at radius 3 is 2.23 bits per heavy atom. The number of nitrogens with zero attached hydrogens (tertiary/aromatic N) is 2. The van der Waals surface area contributed by atoms with E-state index in [1.165, 1.54) is 0 Å². The zero-order valence-corrected chi connectivity index (χ0v) is 18.0. The van der Waals surface area contributed by atoms with Crippen LogP contribution in [0.4, 0.5) is 5.69 Å². The molecule has 1 aliphatic rings. The van der Waals surface area contributed by atoms with Gasteiger partial charge < -0.3 is 20.2 Å². The Labute approximate surface area is 178 Å². The second kappa shape index (κ2) is 9.65. The third-order valence-electron chi connectivity index (χ3n) is 5.51. The van der Waals surface area contributed by atoms with Crippen molar-refractivity contribution in [2.24, 2.45) is 5.92 Å². The second-order valence-corrected chi connectivity index (χ2v) is 8.30. The molecule has 6 nitrogen and oxygen atoms in total. The molecule has 2 aromatic carbocycles. The van der Waals surface area contributed by atoms with E-state index < -0.39 is 6.04 Å². The lowest BCUT2D eigenvalue weighted by Crippen LogP contribution is -2.55. The van der Waals surface area contributed by atoms with Crippen molar-refractivity contribution >= 4 is 17.5 Å². The first-order valence-corrected chi connectivity index (χ1v) is 10.5. The number of piperazine rings is 1. The van der Waals surface area contributed by atoms with Crippen LogP contribution in [0.1, 0.15) is 36.2 Å². The Morgan fingerprint density at radius 2 is 1.63 bits per heavy atom. The van der Waals surface area contributed by atoms with Crippen molar-refractivity contribution in [2.45, 2.75) is 33.2 Å². The second-order valence-electron chi connectivity index (χ2n) is 8.30. The maximum absolute atomic E-state index is 13.2. The van der Waals surface area contributed by atoms with Gasteiger partial charge in [-0.1, -0.05) is 32.0 Å². The molecular formula is C24H31N3O3. The van der Waals surface area contributed by atoms with Gasteiger partial charge in [0.25, 0.3) is 5.91 Å². The van der Waals surface area contributed by atoms with Crippen molar-refractivity contribution in [1.82, 2.24) is 10.2 Å². The third-order valence-corrected chi connectivity index (χ3v) is 5.51. The quantitative estimate of drug-likeness (QED) is 0.769. The molecule has 3 rings (SSSR count). The van der Waals surface area contributed by atoms with Gasteiger partial charge in [-0.15, -0.1) is 0 Å². The van der Waals surface area contributed by atoms with Gasteiger partial charge >= 0.3 is 0 Å². The number of nitrogens with one attached hydrogen (secondary N) is 1. The average molecular weight is 410 g/mol. The zero-order valence-electron chi connectivity index (χ0n) is 18.0. The van der Waals surface area contributed by atoms with Gasteiger partial charge in [-0.05, 0) is 55.2 Å². The van der Waals surface area contributed by atoms with E-state index >= 15 is 0 Å². The molecule has 30 heavy (non-hydrogen) atoms. The molecule has 0 aromatic heterocycles. The molecule has 0 spiro atoms. The van der Waals surface area contributed by atoms with Gasteiger partial charge in [0.05, 0.1) is 0 Å². The molecule has 1 atom stereocenters. The summed E-state index contributed by atoms with van der Waals surface area (Å²) in [6, 6.07) is 14.0. The summed E-state index contributed by atoms with van der Waals surface area (Å²) in [6.07, 6.45) is 0.606. The number of amides is 2. The minimum atomic E-state index is -0.530. The van der Waals surface area contributed by atoms with Crippen molar-refractivity contribution < 1.29 is 14.7 Å². The van der Waals surface area contributed by atoms with Crippen LogP contribution in [0.5, 0.6) is 5.75 Å². The van der Waals surface area contributed by atoms with Crippen LogP contribution in [0.25, 0.3) is 0 Å².